The SMILES string of the molecule is O=C1c2ccccc2CCCC1C1CCOC2(CCC2)C1. The van der Waals surface area contributed by atoms with Gasteiger partial charge in [-0.3, -0.25) is 4.79 Å². The lowest BCUT2D eigenvalue weighted by Crippen LogP contribution is -2.47. The molecule has 1 aliphatic heterocycles. The van der Waals surface area contributed by atoms with E-state index < -0.39 is 0 Å². The molecule has 112 valence electrons. The van der Waals surface area contributed by atoms with Crippen molar-refractivity contribution in [2.75, 3.05) is 6.61 Å². The van der Waals surface area contributed by atoms with Gasteiger partial charge in [-0.05, 0) is 62.8 Å². The van der Waals surface area contributed by atoms with Gasteiger partial charge >= 0.3 is 0 Å². The molecule has 0 N–H and O–H groups in total. The standard InChI is InChI=1S/C19H24O2/c20-18-16-7-2-1-5-14(16)6-3-8-17(18)15-9-12-21-19(13-15)10-4-11-19/h1-2,5,7,15,17H,3-4,6,8-13H2. The van der Waals surface area contributed by atoms with E-state index >= 15 is 0 Å². The summed E-state index contributed by atoms with van der Waals surface area (Å²) in [6, 6.07) is 8.24. The minimum atomic E-state index is 0.148. The summed E-state index contributed by atoms with van der Waals surface area (Å²) in [7, 11) is 0. The largest absolute Gasteiger partial charge is 0.375 e. The van der Waals surface area contributed by atoms with Gasteiger partial charge in [0, 0.05) is 18.1 Å². The molecule has 1 heterocycles. The molecule has 2 fully saturated rings. The van der Waals surface area contributed by atoms with Crippen molar-refractivity contribution < 1.29 is 9.53 Å². The molecule has 4 rings (SSSR count). The minimum absolute atomic E-state index is 0.148. The van der Waals surface area contributed by atoms with Gasteiger partial charge in [-0.1, -0.05) is 24.3 Å². The van der Waals surface area contributed by atoms with Crippen LogP contribution in [0.3, 0.4) is 0 Å². The van der Waals surface area contributed by atoms with Gasteiger partial charge in [-0.2, -0.15) is 0 Å². The number of fused-ring (bicyclic) bond motifs is 1. The lowest BCUT2D eigenvalue weighted by Gasteiger charge is -2.48. The fraction of sp³-hybridized carbons (Fsp3) is 0.632. The van der Waals surface area contributed by atoms with Gasteiger partial charge in [-0.15, -0.1) is 0 Å². The van der Waals surface area contributed by atoms with Crippen molar-refractivity contribution in [2.24, 2.45) is 11.8 Å². The molecule has 1 aromatic carbocycles. The number of hydrogen-bond donors (Lipinski definition) is 0. The van der Waals surface area contributed by atoms with Crippen LogP contribution >= 0.6 is 0 Å². The predicted octanol–water partition coefficient (Wildman–Crippen LogP) is 4.17. The molecule has 1 saturated heterocycles. The fourth-order valence-electron chi connectivity index (χ4n) is 4.60. The summed E-state index contributed by atoms with van der Waals surface area (Å²) in [6.45, 7) is 0.857. The summed E-state index contributed by atoms with van der Waals surface area (Å²) in [5.74, 6) is 1.18. The van der Waals surface area contributed by atoms with E-state index in [0.29, 0.717) is 11.7 Å². The summed E-state index contributed by atoms with van der Waals surface area (Å²) in [5.41, 5.74) is 2.40. The normalized spacial score (nSPS) is 31.3. The first-order valence-electron chi connectivity index (χ1n) is 8.54. The van der Waals surface area contributed by atoms with E-state index in [1.165, 1.54) is 24.8 Å². The Morgan fingerprint density at radius 1 is 1.10 bits per heavy atom. The highest BCUT2D eigenvalue weighted by atomic mass is 16.5. The molecule has 2 atom stereocenters. The molecule has 2 heteroatoms. The van der Waals surface area contributed by atoms with Crippen LogP contribution in [0.2, 0.25) is 0 Å². The number of rotatable bonds is 1. The van der Waals surface area contributed by atoms with E-state index in [1.54, 1.807) is 0 Å². The second kappa shape index (κ2) is 5.24. The van der Waals surface area contributed by atoms with Crippen molar-refractivity contribution in [1.82, 2.24) is 0 Å². The second-order valence-corrected chi connectivity index (χ2v) is 7.16. The molecular weight excluding hydrogens is 260 g/mol. The molecule has 0 radical (unpaired) electrons. The molecule has 21 heavy (non-hydrogen) atoms. The van der Waals surface area contributed by atoms with Crippen LogP contribution in [0.4, 0.5) is 0 Å². The van der Waals surface area contributed by atoms with E-state index in [9.17, 15) is 4.79 Å². The first-order chi connectivity index (χ1) is 10.3. The summed E-state index contributed by atoms with van der Waals surface area (Å²) >= 11 is 0. The topological polar surface area (TPSA) is 26.3 Å². The summed E-state index contributed by atoms with van der Waals surface area (Å²) in [6.07, 6.45) is 9.18. The molecular formula is C19H24O2. The predicted molar refractivity (Wildman–Crippen MR) is 82.5 cm³/mol. The van der Waals surface area contributed by atoms with E-state index in [-0.39, 0.29) is 11.5 Å². The molecule has 0 amide bonds. The van der Waals surface area contributed by atoms with Gasteiger partial charge in [0.05, 0.1) is 5.60 Å². The zero-order valence-electron chi connectivity index (χ0n) is 12.6. The molecule has 2 aliphatic carbocycles. The zero-order valence-corrected chi connectivity index (χ0v) is 12.6. The maximum Gasteiger partial charge on any atom is 0.166 e. The number of benzene rings is 1. The molecule has 2 unspecified atom stereocenters. The summed E-state index contributed by atoms with van der Waals surface area (Å²) in [4.78, 5) is 13.0. The van der Waals surface area contributed by atoms with Crippen LogP contribution in [0.25, 0.3) is 0 Å². The second-order valence-electron chi connectivity index (χ2n) is 7.16. The lowest BCUT2D eigenvalue weighted by atomic mass is 9.67. The minimum Gasteiger partial charge on any atom is -0.375 e. The maximum atomic E-state index is 13.0. The third-order valence-electron chi connectivity index (χ3n) is 5.95. The molecule has 1 aromatic rings. The number of Topliss-reactive ketones (excluding diaryl/α,β-unsaturated/α-hetero) is 1. The Morgan fingerprint density at radius 2 is 1.95 bits per heavy atom. The number of ether oxygens (including phenoxy) is 1. The Kier molecular flexibility index (Phi) is 3.37. The average Bonchev–Trinajstić information content (AvgIpc) is 2.66. The monoisotopic (exact) mass is 284 g/mol. The Bertz CT molecular complexity index is 544. The maximum absolute atomic E-state index is 13.0. The Balaban J connectivity index is 1.58. The van der Waals surface area contributed by atoms with Crippen molar-refractivity contribution in [3.8, 4) is 0 Å². The summed E-state index contributed by atoms with van der Waals surface area (Å²) in [5, 5.41) is 0. The van der Waals surface area contributed by atoms with Crippen LogP contribution < -0.4 is 0 Å². The quantitative estimate of drug-likeness (QED) is 0.723. The van der Waals surface area contributed by atoms with Crippen LogP contribution in [-0.2, 0) is 11.2 Å². The lowest BCUT2D eigenvalue weighted by molar-refractivity contribution is -0.148. The van der Waals surface area contributed by atoms with Crippen molar-refractivity contribution in [1.29, 1.82) is 0 Å². The first-order valence-corrected chi connectivity index (χ1v) is 8.54. The Hall–Kier alpha value is -1.15. The number of aryl methyl sites for hydroxylation is 1. The van der Waals surface area contributed by atoms with Gasteiger partial charge in [-0.25, -0.2) is 0 Å². The molecule has 1 spiro atoms. The highest BCUT2D eigenvalue weighted by Crippen LogP contribution is 2.47. The van der Waals surface area contributed by atoms with Crippen LogP contribution in [0, 0.1) is 11.8 Å². The van der Waals surface area contributed by atoms with Crippen molar-refractivity contribution >= 4 is 5.78 Å². The molecule has 1 saturated carbocycles. The van der Waals surface area contributed by atoms with E-state index in [2.05, 4.69) is 12.1 Å². The smallest absolute Gasteiger partial charge is 0.166 e. The molecule has 2 nitrogen and oxygen atoms in total. The van der Waals surface area contributed by atoms with E-state index in [0.717, 1.165) is 44.3 Å². The third-order valence-corrected chi connectivity index (χ3v) is 5.95. The highest BCUT2D eigenvalue weighted by Gasteiger charge is 2.45. The summed E-state index contributed by atoms with van der Waals surface area (Å²) < 4.78 is 6.05. The molecule has 0 aromatic heterocycles. The zero-order chi connectivity index (χ0) is 14.3. The van der Waals surface area contributed by atoms with Gasteiger partial charge in [0.25, 0.3) is 0 Å². The van der Waals surface area contributed by atoms with Gasteiger partial charge < -0.3 is 4.74 Å². The number of carbonyl (C=O) groups excluding carboxylic acids is 1. The molecule has 0 bridgehead atoms. The van der Waals surface area contributed by atoms with Gasteiger partial charge in [0.15, 0.2) is 5.78 Å². The number of carbonyl (C=O) groups is 1. The van der Waals surface area contributed by atoms with Crippen molar-refractivity contribution in [3.05, 3.63) is 35.4 Å². The van der Waals surface area contributed by atoms with E-state index in [4.69, 9.17) is 4.74 Å². The van der Waals surface area contributed by atoms with Crippen LogP contribution in [0.15, 0.2) is 24.3 Å². The Morgan fingerprint density at radius 3 is 2.76 bits per heavy atom. The Labute approximate surface area is 126 Å². The molecule has 3 aliphatic rings. The number of ketones is 1. The third kappa shape index (κ3) is 2.34. The first kappa shape index (κ1) is 13.5. The van der Waals surface area contributed by atoms with Crippen LogP contribution in [0.1, 0.15) is 60.9 Å². The van der Waals surface area contributed by atoms with Crippen LogP contribution in [0.5, 0.6) is 0 Å². The number of hydrogen-bond acceptors (Lipinski definition) is 2. The van der Waals surface area contributed by atoms with Gasteiger partial charge in [0.1, 0.15) is 0 Å². The van der Waals surface area contributed by atoms with Crippen molar-refractivity contribution in [3.63, 3.8) is 0 Å². The highest BCUT2D eigenvalue weighted by molar-refractivity contribution is 5.99. The average molecular weight is 284 g/mol. The fourth-order valence-corrected chi connectivity index (χ4v) is 4.60. The van der Waals surface area contributed by atoms with Gasteiger partial charge in [0.2, 0.25) is 0 Å². The van der Waals surface area contributed by atoms with E-state index in [1.807, 2.05) is 12.1 Å². The van der Waals surface area contributed by atoms with Crippen molar-refractivity contribution in [2.45, 2.75) is 57.0 Å². The van der Waals surface area contributed by atoms with Crippen LogP contribution in [-0.4, -0.2) is 18.0 Å².